The lowest BCUT2D eigenvalue weighted by Crippen LogP contribution is -2.27. The molecule has 27 heavy (non-hydrogen) atoms. The van der Waals surface area contributed by atoms with Crippen LogP contribution in [-0.2, 0) is 22.4 Å². The molecule has 0 saturated carbocycles. The smallest absolute Gasteiger partial charge is 0.335 e. The highest BCUT2D eigenvalue weighted by Crippen LogP contribution is 2.26. The third-order valence-corrected chi connectivity index (χ3v) is 4.74. The number of hydrogen-bond acceptors (Lipinski definition) is 3. The highest BCUT2D eigenvalue weighted by Gasteiger charge is 2.17. The van der Waals surface area contributed by atoms with Gasteiger partial charge >= 0.3 is 5.97 Å². The second-order valence-corrected chi connectivity index (χ2v) is 6.76. The zero-order valence-corrected chi connectivity index (χ0v) is 15.1. The first kappa shape index (κ1) is 18.6. The predicted molar refractivity (Wildman–Crippen MR) is 102 cm³/mol. The van der Waals surface area contributed by atoms with Gasteiger partial charge in [-0.25, -0.2) is 4.79 Å². The summed E-state index contributed by atoms with van der Waals surface area (Å²) in [4.78, 5) is 34.5. The number of carbonyl (C=O) groups is 3. The summed E-state index contributed by atoms with van der Waals surface area (Å²) in [6, 6.07) is 12.3. The molecule has 0 radical (unpaired) electrons. The van der Waals surface area contributed by atoms with Gasteiger partial charge in [-0.05, 0) is 54.7 Å². The lowest BCUT2D eigenvalue weighted by Gasteiger charge is -2.20. The fraction of sp³-hybridized carbons (Fsp3) is 0.286. The molecule has 3 N–H and O–H groups in total. The normalized spacial score (nSPS) is 14.0. The van der Waals surface area contributed by atoms with Crippen LogP contribution in [0.1, 0.15) is 52.9 Å². The second kappa shape index (κ2) is 8.03. The Morgan fingerprint density at radius 2 is 1.89 bits per heavy atom. The van der Waals surface area contributed by atoms with Gasteiger partial charge in [0.25, 0.3) is 0 Å². The minimum absolute atomic E-state index is 0.0352. The standard InChI is InChI=1S/C21H22N2O4/c1-13(16-7-9-18-17(12-16)8-11-20(25)23-18)22-19(24)10-4-14-2-5-15(6-3-14)21(26)27/h2-3,5-7,9,12-13H,4,8,10-11H2,1H3,(H,22,24)(H,23,25)(H,26,27)/t13-/m1/s1. The first-order chi connectivity index (χ1) is 12.9. The molecule has 3 rings (SSSR count). The van der Waals surface area contributed by atoms with E-state index in [0.717, 1.165) is 22.4 Å². The molecule has 2 aromatic carbocycles. The third kappa shape index (κ3) is 4.73. The van der Waals surface area contributed by atoms with E-state index < -0.39 is 5.97 Å². The van der Waals surface area contributed by atoms with E-state index >= 15 is 0 Å². The Morgan fingerprint density at radius 3 is 2.59 bits per heavy atom. The summed E-state index contributed by atoms with van der Waals surface area (Å²) in [6.45, 7) is 1.93. The number of nitrogens with one attached hydrogen (secondary N) is 2. The number of carbonyl (C=O) groups excluding carboxylic acids is 2. The lowest BCUT2D eigenvalue weighted by molar-refractivity contribution is -0.121. The number of aromatic carboxylic acids is 1. The highest BCUT2D eigenvalue weighted by molar-refractivity contribution is 5.94. The number of amides is 2. The minimum Gasteiger partial charge on any atom is -0.478 e. The summed E-state index contributed by atoms with van der Waals surface area (Å²) < 4.78 is 0. The fourth-order valence-corrected chi connectivity index (χ4v) is 3.14. The third-order valence-electron chi connectivity index (χ3n) is 4.74. The molecule has 1 heterocycles. The van der Waals surface area contributed by atoms with Gasteiger partial charge in [0.05, 0.1) is 11.6 Å². The van der Waals surface area contributed by atoms with Gasteiger partial charge in [0.2, 0.25) is 11.8 Å². The van der Waals surface area contributed by atoms with E-state index in [2.05, 4.69) is 10.6 Å². The molecule has 2 aromatic rings. The van der Waals surface area contributed by atoms with Gasteiger partial charge in [-0.15, -0.1) is 0 Å². The Morgan fingerprint density at radius 1 is 1.15 bits per heavy atom. The molecule has 6 heteroatoms. The lowest BCUT2D eigenvalue weighted by atomic mass is 9.97. The van der Waals surface area contributed by atoms with Gasteiger partial charge in [0, 0.05) is 18.5 Å². The van der Waals surface area contributed by atoms with Gasteiger partial charge in [-0.1, -0.05) is 24.3 Å². The number of aryl methyl sites for hydroxylation is 2. The number of rotatable bonds is 6. The van der Waals surface area contributed by atoms with Crippen LogP contribution in [0.5, 0.6) is 0 Å². The molecule has 0 aromatic heterocycles. The second-order valence-electron chi connectivity index (χ2n) is 6.76. The van der Waals surface area contributed by atoms with Crippen LogP contribution < -0.4 is 10.6 Å². The molecule has 2 amide bonds. The van der Waals surface area contributed by atoms with E-state index in [9.17, 15) is 14.4 Å². The molecule has 0 fully saturated rings. The minimum atomic E-state index is -0.960. The Bertz CT molecular complexity index is 874. The molecule has 1 aliphatic rings. The summed E-state index contributed by atoms with van der Waals surface area (Å²) in [5.74, 6) is -0.985. The molecule has 0 saturated heterocycles. The van der Waals surface area contributed by atoms with Crippen LogP contribution in [0.4, 0.5) is 5.69 Å². The highest BCUT2D eigenvalue weighted by atomic mass is 16.4. The molecule has 0 unspecified atom stereocenters. The van der Waals surface area contributed by atoms with Crippen LogP contribution in [0.15, 0.2) is 42.5 Å². The van der Waals surface area contributed by atoms with Crippen LogP contribution in [0, 0.1) is 0 Å². The van der Waals surface area contributed by atoms with Crippen molar-refractivity contribution >= 4 is 23.5 Å². The van der Waals surface area contributed by atoms with Crippen molar-refractivity contribution in [1.29, 1.82) is 0 Å². The number of hydrogen-bond donors (Lipinski definition) is 3. The van der Waals surface area contributed by atoms with Crippen molar-refractivity contribution in [3.8, 4) is 0 Å². The van der Waals surface area contributed by atoms with E-state index in [1.54, 1.807) is 24.3 Å². The molecule has 0 spiro atoms. The van der Waals surface area contributed by atoms with Gasteiger partial charge in [0.15, 0.2) is 0 Å². The SMILES string of the molecule is C[C@@H](NC(=O)CCc1ccc(C(=O)O)cc1)c1ccc2c(c1)CCC(=O)N2. The maximum atomic E-state index is 12.2. The number of benzene rings is 2. The Kier molecular flexibility index (Phi) is 5.54. The van der Waals surface area contributed by atoms with Crippen LogP contribution in [-0.4, -0.2) is 22.9 Å². The van der Waals surface area contributed by atoms with E-state index in [0.29, 0.717) is 25.7 Å². The maximum Gasteiger partial charge on any atom is 0.335 e. The van der Waals surface area contributed by atoms with Crippen molar-refractivity contribution in [2.24, 2.45) is 0 Å². The molecule has 6 nitrogen and oxygen atoms in total. The summed E-state index contributed by atoms with van der Waals surface area (Å²) in [7, 11) is 0. The zero-order chi connectivity index (χ0) is 19.4. The summed E-state index contributed by atoms with van der Waals surface area (Å²) in [5, 5.41) is 14.7. The van der Waals surface area contributed by atoms with E-state index in [1.807, 2.05) is 25.1 Å². The maximum absolute atomic E-state index is 12.2. The number of carboxylic acid groups (broad SMARTS) is 1. The van der Waals surface area contributed by atoms with Gasteiger partial charge in [-0.2, -0.15) is 0 Å². The van der Waals surface area contributed by atoms with Gasteiger partial charge in [0.1, 0.15) is 0 Å². The van der Waals surface area contributed by atoms with Gasteiger partial charge in [-0.3, -0.25) is 9.59 Å². The average Bonchev–Trinajstić information content (AvgIpc) is 2.66. The van der Waals surface area contributed by atoms with Crippen molar-refractivity contribution in [2.45, 2.75) is 38.6 Å². The molecular formula is C21H22N2O4. The van der Waals surface area contributed by atoms with Crippen LogP contribution in [0.25, 0.3) is 0 Å². The Labute approximate surface area is 157 Å². The van der Waals surface area contributed by atoms with Crippen molar-refractivity contribution < 1.29 is 19.5 Å². The van der Waals surface area contributed by atoms with Crippen LogP contribution in [0.3, 0.4) is 0 Å². The quantitative estimate of drug-likeness (QED) is 0.732. The largest absolute Gasteiger partial charge is 0.478 e. The summed E-state index contributed by atoms with van der Waals surface area (Å²) >= 11 is 0. The van der Waals surface area contributed by atoms with Crippen molar-refractivity contribution in [3.05, 3.63) is 64.7 Å². The zero-order valence-electron chi connectivity index (χ0n) is 15.1. The van der Waals surface area contributed by atoms with Crippen molar-refractivity contribution in [2.75, 3.05) is 5.32 Å². The first-order valence-corrected chi connectivity index (χ1v) is 8.96. The van der Waals surface area contributed by atoms with Gasteiger partial charge < -0.3 is 15.7 Å². The summed E-state index contributed by atoms with van der Waals surface area (Å²) in [6.07, 6.45) is 2.08. The number of fused-ring (bicyclic) bond motifs is 1. The van der Waals surface area contributed by atoms with Crippen molar-refractivity contribution in [1.82, 2.24) is 5.32 Å². The number of carboxylic acids is 1. The molecule has 1 atom stereocenters. The predicted octanol–water partition coefficient (Wildman–Crippen LogP) is 3.08. The van der Waals surface area contributed by atoms with Crippen LogP contribution >= 0.6 is 0 Å². The molecule has 1 aliphatic heterocycles. The first-order valence-electron chi connectivity index (χ1n) is 8.96. The summed E-state index contributed by atoms with van der Waals surface area (Å²) in [5.41, 5.74) is 4.10. The van der Waals surface area contributed by atoms with E-state index in [-0.39, 0.29) is 23.4 Å². The average molecular weight is 366 g/mol. The fourth-order valence-electron chi connectivity index (χ4n) is 3.14. The Balaban J connectivity index is 1.54. The Hall–Kier alpha value is -3.15. The van der Waals surface area contributed by atoms with Crippen molar-refractivity contribution in [3.63, 3.8) is 0 Å². The molecule has 140 valence electrons. The topological polar surface area (TPSA) is 95.5 Å². The monoisotopic (exact) mass is 366 g/mol. The molecule has 0 aliphatic carbocycles. The van der Waals surface area contributed by atoms with E-state index in [4.69, 9.17) is 5.11 Å². The number of anilines is 1. The molecular weight excluding hydrogens is 344 g/mol. The van der Waals surface area contributed by atoms with Crippen LogP contribution in [0.2, 0.25) is 0 Å². The molecule has 0 bridgehead atoms. The van der Waals surface area contributed by atoms with E-state index in [1.165, 1.54) is 0 Å².